The van der Waals surface area contributed by atoms with Gasteiger partial charge in [-0.1, -0.05) is 19.9 Å². The lowest BCUT2D eigenvalue weighted by Crippen LogP contribution is -2.24. The fourth-order valence-electron chi connectivity index (χ4n) is 1.67. The summed E-state index contributed by atoms with van der Waals surface area (Å²) in [5.74, 6) is 0.856. The van der Waals surface area contributed by atoms with Crippen LogP contribution >= 0.6 is 22.9 Å². The van der Waals surface area contributed by atoms with E-state index in [1.54, 1.807) is 11.3 Å². The van der Waals surface area contributed by atoms with Gasteiger partial charge in [-0.15, -0.1) is 21.5 Å². The molecule has 2 rings (SSSR count). The van der Waals surface area contributed by atoms with Gasteiger partial charge in [0.25, 0.3) is 0 Å². The van der Waals surface area contributed by atoms with Crippen LogP contribution in [0.25, 0.3) is 0 Å². The Bertz CT molecular complexity index is 454. The second-order valence-corrected chi connectivity index (χ2v) is 5.75. The van der Waals surface area contributed by atoms with Gasteiger partial charge >= 0.3 is 0 Å². The molecule has 0 aliphatic carbocycles. The van der Waals surface area contributed by atoms with Gasteiger partial charge in [0, 0.05) is 16.8 Å². The summed E-state index contributed by atoms with van der Waals surface area (Å²) in [6.45, 7) is 7.12. The molecule has 0 spiro atoms. The van der Waals surface area contributed by atoms with E-state index < -0.39 is 0 Å². The van der Waals surface area contributed by atoms with Gasteiger partial charge in [0.2, 0.25) is 5.28 Å². The van der Waals surface area contributed by atoms with Crippen molar-refractivity contribution in [1.82, 2.24) is 14.8 Å². The fourth-order valence-corrected chi connectivity index (χ4v) is 2.74. The number of thiophene rings is 1. The molecule has 0 unspecified atom stereocenters. The third kappa shape index (κ3) is 2.13. The number of hydrogen-bond acceptors (Lipinski definition) is 3. The minimum Gasteiger partial charge on any atom is -0.301 e. The molecule has 2 heterocycles. The molecule has 0 bridgehead atoms. The summed E-state index contributed by atoms with van der Waals surface area (Å²) in [5, 5.41) is 10.4. The first-order valence-corrected chi connectivity index (χ1v) is 6.36. The van der Waals surface area contributed by atoms with Crippen molar-refractivity contribution in [2.75, 3.05) is 0 Å². The maximum absolute atomic E-state index is 6.01. The molecule has 2 aromatic rings. The van der Waals surface area contributed by atoms with Crippen LogP contribution in [0.3, 0.4) is 0 Å². The summed E-state index contributed by atoms with van der Waals surface area (Å²) in [6.07, 6.45) is 0. The van der Waals surface area contributed by atoms with E-state index in [1.807, 2.05) is 11.5 Å². The van der Waals surface area contributed by atoms with Crippen LogP contribution in [0.2, 0.25) is 5.28 Å². The summed E-state index contributed by atoms with van der Waals surface area (Å²) >= 11 is 7.77. The molecular weight excluding hydrogens is 242 g/mol. The van der Waals surface area contributed by atoms with E-state index in [-0.39, 0.29) is 5.41 Å². The van der Waals surface area contributed by atoms with Crippen LogP contribution in [0.1, 0.15) is 24.5 Å². The third-order valence-corrected chi connectivity index (χ3v) is 4.15. The molecule has 3 nitrogen and oxygen atoms in total. The molecule has 2 aromatic heterocycles. The highest BCUT2D eigenvalue weighted by Crippen LogP contribution is 2.30. The van der Waals surface area contributed by atoms with Crippen molar-refractivity contribution in [3.8, 4) is 0 Å². The van der Waals surface area contributed by atoms with Crippen LogP contribution in [0.15, 0.2) is 17.5 Å². The third-order valence-electron chi connectivity index (χ3n) is 2.63. The molecule has 0 atom stereocenters. The van der Waals surface area contributed by atoms with Crippen LogP contribution in [-0.4, -0.2) is 14.8 Å². The van der Waals surface area contributed by atoms with E-state index in [0.717, 1.165) is 12.4 Å². The van der Waals surface area contributed by atoms with Crippen molar-refractivity contribution in [3.63, 3.8) is 0 Å². The van der Waals surface area contributed by atoms with Gasteiger partial charge in [0.1, 0.15) is 5.82 Å². The van der Waals surface area contributed by atoms with E-state index >= 15 is 0 Å². The average molecular weight is 256 g/mol. The molecule has 0 aromatic carbocycles. The number of nitrogens with zero attached hydrogens (tertiary/aromatic N) is 3. The zero-order valence-corrected chi connectivity index (χ0v) is 11.1. The summed E-state index contributed by atoms with van der Waals surface area (Å²) in [4.78, 5) is 1.34. The van der Waals surface area contributed by atoms with Crippen LogP contribution in [0.4, 0.5) is 0 Å². The highest BCUT2D eigenvalue weighted by molar-refractivity contribution is 7.10. The molecule has 0 aliphatic rings. The Balaban J connectivity index is 2.28. The molecule has 0 saturated carbocycles. The molecule has 0 aliphatic heterocycles. The molecule has 0 fully saturated rings. The van der Waals surface area contributed by atoms with Crippen molar-refractivity contribution < 1.29 is 0 Å². The Labute approximate surface area is 104 Å². The fraction of sp³-hybridized carbons (Fsp3) is 0.455. The maximum Gasteiger partial charge on any atom is 0.225 e. The monoisotopic (exact) mass is 255 g/mol. The molecular formula is C11H14ClN3S. The molecule has 16 heavy (non-hydrogen) atoms. The van der Waals surface area contributed by atoms with Crippen LogP contribution in [0, 0.1) is 6.92 Å². The van der Waals surface area contributed by atoms with Gasteiger partial charge in [-0.3, -0.25) is 0 Å². The molecule has 0 saturated heterocycles. The van der Waals surface area contributed by atoms with E-state index in [4.69, 9.17) is 11.6 Å². The second-order valence-electron chi connectivity index (χ2n) is 4.46. The largest absolute Gasteiger partial charge is 0.301 e. The van der Waals surface area contributed by atoms with Crippen molar-refractivity contribution in [1.29, 1.82) is 0 Å². The molecule has 0 N–H and O–H groups in total. The van der Waals surface area contributed by atoms with Gasteiger partial charge in [-0.25, -0.2) is 0 Å². The predicted molar refractivity (Wildman–Crippen MR) is 67.1 cm³/mol. The first-order chi connectivity index (χ1) is 7.50. The van der Waals surface area contributed by atoms with Gasteiger partial charge in [0.05, 0.1) is 0 Å². The lowest BCUT2D eigenvalue weighted by Gasteiger charge is -2.24. The topological polar surface area (TPSA) is 30.7 Å². The summed E-state index contributed by atoms with van der Waals surface area (Å²) in [6, 6.07) is 4.22. The van der Waals surface area contributed by atoms with Crippen molar-refractivity contribution >= 4 is 22.9 Å². The number of hydrogen-bond donors (Lipinski definition) is 0. The first kappa shape index (κ1) is 11.6. The Morgan fingerprint density at radius 3 is 2.69 bits per heavy atom. The quantitative estimate of drug-likeness (QED) is 0.843. The standard InChI is InChI=1S/C11H14ClN3S/c1-8-13-14-10(12)15(8)7-11(2,3)9-5-4-6-16-9/h4-6H,7H2,1-3H3. The Kier molecular flexibility index (Phi) is 3.04. The van der Waals surface area contributed by atoms with Gasteiger partial charge in [0.15, 0.2) is 0 Å². The van der Waals surface area contributed by atoms with Crippen molar-refractivity contribution in [3.05, 3.63) is 33.5 Å². The molecule has 0 radical (unpaired) electrons. The smallest absolute Gasteiger partial charge is 0.225 e. The Morgan fingerprint density at radius 1 is 1.44 bits per heavy atom. The lowest BCUT2D eigenvalue weighted by atomic mass is 9.91. The number of aromatic nitrogens is 3. The van der Waals surface area contributed by atoms with Crippen LogP contribution in [-0.2, 0) is 12.0 Å². The number of aryl methyl sites for hydroxylation is 1. The number of rotatable bonds is 3. The van der Waals surface area contributed by atoms with Gasteiger partial charge in [-0.05, 0) is 30.0 Å². The van der Waals surface area contributed by atoms with Gasteiger partial charge in [-0.2, -0.15) is 0 Å². The predicted octanol–water partition coefficient (Wildman–Crippen LogP) is 3.28. The minimum atomic E-state index is 0.0466. The number of halogens is 1. The van der Waals surface area contributed by atoms with Crippen molar-refractivity contribution in [2.24, 2.45) is 0 Å². The average Bonchev–Trinajstić information content (AvgIpc) is 2.83. The molecule has 0 amide bonds. The second kappa shape index (κ2) is 4.18. The highest BCUT2D eigenvalue weighted by Gasteiger charge is 2.24. The van der Waals surface area contributed by atoms with Crippen LogP contribution < -0.4 is 0 Å². The summed E-state index contributed by atoms with van der Waals surface area (Å²) < 4.78 is 1.95. The maximum atomic E-state index is 6.01. The van der Waals surface area contributed by atoms with E-state index in [0.29, 0.717) is 5.28 Å². The van der Waals surface area contributed by atoms with E-state index in [1.165, 1.54) is 4.88 Å². The highest BCUT2D eigenvalue weighted by atomic mass is 35.5. The van der Waals surface area contributed by atoms with Crippen LogP contribution in [0.5, 0.6) is 0 Å². The summed E-state index contributed by atoms with van der Waals surface area (Å²) in [5.41, 5.74) is 0.0466. The van der Waals surface area contributed by atoms with Crippen molar-refractivity contribution in [2.45, 2.75) is 32.7 Å². The van der Waals surface area contributed by atoms with Gasteiger partial charge < -0.3 is 4.57 Å². The first-order valence-electron chi connectivity index (χ1n) is 5.10. The Morgan fingerprint density at radius 2 is 2.19 bits per heavy atom. The zero-order valence-electron chi connectivity index (χ0n) is 9.57. The SMILES string of the molecule is Cc1nnc(Cl)n1CC(C)(C)c1cccs1. The normalized spacial score (nSPS) is 12.0. The lowest BCUT2D eigenvalue weighted by molar-refractivity contribution is 0.436. The molecule has 86 valence electrons. The summed E-state index contributed by atoms with van der Waals surface area (Å²) in [7, 11) is 0. The Hall–Kier alpha value is -0.870. The van der Waals surface area contributed by atoms with E-state index in [2.05, 4.69) is 41.6 Å². The molecule has 5 heteroatoms. The zero-order chi connectivity index (χ0) is 11.8. The minimum absolute atomic E-state index is 0.0466. The van der Waals surface area contributed by atoms with E-state index in [9.17, 15) is 0 Å².